The molecular weight excluding hydrogens is 214 g/mol. The van der Waals surface area contributed by atoms with Gasteiger partial charge in [0, 0.05) is 0 Å². The molecule has 0 spiro atoms. The summed E-state index contributed by atoms with van der Waals surface area (Å²) in [5.41, 5.74) is 0. The second-order valence-corrected chi connectivity index (χ2v) is 5.01. The summed E-state index contributed by atoms with van der Waals surface area (Å²) in [6.07, 6.45) is 5.28. The lowest BCUT2D eigenvalue weighted by atomic mass is 9.98. The summed E-state index contributed by atoms with van der Waals surface area (Å²) in [4.78, 5) is 2.47. The van der Waals surface area contributed by atoms with Gasteiger partial charge in [0.1, 0.15) is 18.1 Å². The molecule has 2 rings (SSSR count). The lowest BCUT2D eigenvalue weighted by molar-refractivity contribution is 0.221. The van der Waals surface area contributed by atoms with Gasteiger partial charge in [0.05, 0.1) is 6.54 Å². The Hall–Kier alpha value is -0.800. The summed E-state index contributed by atoms with van der Waals surface area (Å²) in [6.45, 7) is 5.52. The fraction of sp³-hybridized carbons (Fsp3) is 0.714. The lowest BCUT2D eigenvalue weighted by Crippen LogP contribution is -2.24. The number of hydrogen-bond donors (Lipinski definition) is 1. The van der Waals surface area contributed by atoms with Crippen LogP contribution >= 0.6 is 0 Å². The highest BCUT2D eigenvalue weighted by Gasteiger charge is 2.16. The number of rotatable bonds is 4. The summed E-state index contributed by atoms with van der Waals surface area (Å²) in [6, 6.07) is 3.84. The predicted octanol–water partition coefficient (Wildman–Crippen LogP) is 2.78. The van der Waals surface area contributed by atoms with Crippen LogP contribution in [0.5, 0.6) is 0 Å². The van der Waals surface area contributed by atoms with Crippen LogP contribution in [0.15, 0.2) is 16.5 Å². The first-order chi connectivity index (χ1) is 8.31. The summed E-state index contributed by atoms with van der Waals surface area (Å²) in [5, 5.41) is 8.96. The Labute approximate surface area is 103 Å². The average molecular weight is 237 g/mol. The third kappa shape index (κ3) is 3.58. The second kappa shape index (κ2) is 6.22. The molecule has 0 bridgehead atoms. The van der Waals surface area contributed by atoms with E-state index in [1.165, 1.54) is 38.8 Å². The van der Waals surface area contributed by atoms with Crippen LogP contribution in [0.1, 0.15) is 44.1 Å². The van der Waals surface area contributed by atoms with Gasteiger partial charge in [-0.3, -0.25) is 4.90 Å². The van der Waals surface area contributed by atoms with Crippen LogP contribution < -0.4 is 0 Å². The molecule has 1 unspecified atom stereocenters. The number of aliphatic hydroxyl groups excluding tert-OH is 1. The number of aliphatic hydroxyl groups is 1. The second-order valence-electron chi connectivity index (χ2n) is 5.01. The summed E-state index contributed by atoms with van der Waals surface area (Å²) >= 11 is 0. The van der Waals surface area contributed by atoms with Crippen molar-refractivity contribution in [3.05, 3.63) is 23.7 Å². The first-order valence-corrected chi connectivity index (χ1v) is 6.72. The quantitative estimate of drug-likeness (QED) is 0.874. The van der Waals surface area contributed by atoms with Gasteiger partial charge in [0.25, 0.3) is 0 Å². The van der Waals surface area contributed by atoms with E-state index in [4.69, 9.17) is 9.52 Å². The molecule has 0 amide bonds. The van der Waals surface area contributed by atoms with Crippen molar-refractivity contribution in [1.82, 2.24) is 4.90 Å². The zero-order valence-corrected chi connectivity index (χ0v) is 10.7. The highest BCUT2D eigenvalue weighted by atomic mass is 16.4. The van der Waals surface area contributed by atoms with Crippen molar-refractivity contribution in [2.45, 2.75) is 45.8 Å². The van der Waals surface area contributed by atoms with Crippen molar-refractivity contribution in [3.8, 4) is 0 Å². The molecule has 1 aromatic heterocycles. The van der Waals surface area contributed by atoms with Crippen molar-refractivity contribution >= 4 is 0 Å². The van der Waals surface area contributed by atoms with E-state index >= 15 is 0 Å². The van der Waals surface area contributed by atoms with Gasteiger partial charge < -0.3 is 9.52 Å². The van der Waals surface area contributed by atoms with E-state index in [0.717, 1.165) is 18.2 Å². The first kappa shape index (κ1) is 12.7. The highest BCUT2D eigenvalue weighted by molar-refractivity contribution is 5.06. The minimum absolute atomic E-state index is 0.00207. The van der Waals surface area contributed by atoms with E-state index in [9.17, 15) is 0 Å². The Kier molecular flexibility index (Phi) is 4.63. The molecule has 1 N–H and O–H groups in total. The Bertz CT molecular complexity index is 335. The van der Waals surface area contributed by atoms with E-state index in [2.05, 4.69) is 11.8 Å². The van der Waals surface area contributed by atoms with Gasteiger partial charge in [-0.2, -0.15) is 0 Å². The minimum atomic E-state index is -0.00207. The molecular formula is C14H23NO2. The Morgan fingerprint density at radius 3 is 2.82 bits per heavy atom. The molecule has 1 fully saturated rings. The van der Waals surface area contributed by atoms with Crippen molar-refractivity contribution in [2.24, 2.45) is 5.92 Å². The SMILES string of the molecule is CCC1CCCN(Cc2ccc(CO)o2)CC1. The minimum Gasteiger partial charge on any atom is -0.462 e. The van der Waals surface area contributed by atoms with Crippen LogP contribution in [0.25, 0.3) is 0 Å². The Morgan fingerprint density at radius 1 is 1.29 bits per heavy atom. The Balaban J connectivity index is 1.86. The molecule has 0 aliphatic carbocycles. The van der Waals surface area contributed by atoms with Gasteiger partial charge in [-0.05, 0) is 50.4 Å². The van der Waals surface area contributed by atoms with Crippen LogP contribution in [-0.4, -0.2) is 23.1 Å². The van der Waals surface area contributed by atoms with Crippen molar-refractivity contribution in [1.29, 1.82) is 0 Å². The van der Waals surface area contributed by atoms with Crippen LogP contribution in [0, 0.1) is 5.92 Å². The fourth-order valence-electron chi connectivity index (χ4n) is 2.60. The molecule has 17 heavy (non-hydrogen) atoms. The number of hydrogen-bond acceptors (Lipinski definition) is 3. The molecule has 1 aromatic rings. The fourth-order valence-corrected chi connectivity index (χ4v) is 2.60. The van der Waals surface area contributed by atoms with Gasteiger partial charge in [-0.15, -0.1) is 0 Å². The van der Waals surface area contributed by atoms with Gasteiger partial charge in [-0.25, -0.2) is 0 Å². The standard InChI is InChI=1S/C14H23NO2/c1-2-12-4-3-8-15(9-7-12)10-13-5-6-14(11-16)17-13/h5-6,12,16H,2-4,7-11H2,1H3. The summed E-state index contributed by atoms with van der Waals surface area (Å²) in [7, 11) is 0. The molecule has 2 heterocycles. The third-order valence-corrected chi connectivity index (χ3v) is 3.77. The van der Waals surface area contributed by atoms with Crippen molar-refractivity contribution in [3.63, 3.8) is 0 Å². The maximum Gasteiger partial charge on any atom is 0.129 e. The monoisotopic (exact) mass is 237 g/mol. The molecule has 3 heteroatoms. The zero-order valence-electron chi connectivity index (χ0n) is 10.7. The molecule has 1 saturated heterocycles. The zero-order chi connectivity index (χ0) is 12.1. The molecule has 1 aliphatic heterocycles. The van der Waals surface area contributed by atoms with Crippen LogP contribution in [0.3, 0.4) is 0 Å². The molecule has 0 aromatic carbocycles. The first-order valence-electron chi connectivity index (χ1n) is 6.72. The molecule has 96 valence electrons. The maximum atomic E-state index is 8.96. The van der Waals surface area contributed by atoms with Gasteiger partial charge in [-0.1, -0.05) is 13.3 Å². The lowest BCUT2D eigenvalue weighted by Gasteiger charge is -2.18. The molecule has 0 saturated carbocycles. The third-order valence-electron chi connectivity index (χ3n) is 3.77. The average Bonchev–Trinajstić information content (AvgIpc) is 2.68. The van der Waals surface area contributed by atoms with E-state index in [1.54, 1.807) is 0 Å². The number of furan rings is 1. The number of likely N-dealkylation sites (tertiary alicyclic amines) is 1. The highest BCUT2D eigenvalue weighted by Crippen LogP contribution is 2.21. The van der Waals surface area contributed by atoms with Crippen LogP contribution in [0.2, 0.25) is 0 Å². The normalized spacial score (nSPS) is 22.6. The number of nitrogens with zero attached hydrogens (tertiary/aromatic N) is 1. The van der Waals surface area contributed by atoms with E-state index in [-0.39, 0.29) is 6.61 Å². The van der Waals surface area contributed by atoms with Crippen LogP contribution in [-0.2, 0) is 13.2 Å². The van der Waals surface area contributed by atoms with E-state index in [1.807, 2.05) is 12.1 Å². The van der Waals surface area contributed by atoms with Gasteiger partial charge in [0.2, 0.25) is 0 Å². The molecule has 3 nitrogen and oxygen atoms in total. The topological polar surface area (TPSA) is 36.6 Å². The largest absolute Gasteiger partial charge is 0.462 e. The van der Waals surface area contributed by atoms with Gasteiger partial charge in [0.15, 0.2) is 0 Å². The maximum absolute atomic E-state index is 8.96. The molecule has 0 radical (unpaired) electrons. The predicted molar refractivity (Wildman–Crippen MR) is 67.5 cm³/mol. The molecule has 1 aliphatic rings. The van der Waals surface area contributed by atoms with E-state index < -0.39 is 0 Å². The van der Waals surface area contributed by atoms with Gasteiger partial charge >= 0.3 is 0 Å². The smallest absolute Gasteiger partial charge is 0.129 e. The Morgan fingerprint density at radius 2 is 2.12 bits per heavy atom. The van der Waals surface area contributed by atoms with E-state index in [0.29, 0.717) is 5.76 Å². The van der Waals surface area contributed by atoms with Crippen molar-refractivity contribution in [2.75, 3.05) is 13.1 Å². The van der Waals surface area contributed by atoms with Crippen molar-refractivity contribution < 1.29 is 9.52 Å². The van der Waals surface area contributed by atoms with Crippen LogP contribution in [0.4, 0.5) is 0 Å². The molecule has 1 atom stereocenters. The summed E-state index contributed by atoms with van der Waals surface area (Å²) in [5.74, 6) is 2.55. The summed E-state index contributed by atoms with van der Waals surface area (Å²) < 4.78 is 5.54.